The zero-order valence-corrected chi connectivity index (χ0v) is 12.4. The molecule has 2 heterocycles. The molecule has 0 aliphatic heterocycles. The maximum Gasteiger partial charge on any atom is 0.259 e. The summed E-state index contributed by atoms with van der Waals surface area (Å²) in [5.74, 6) is 0.333. The molecule has 0 radical (unpaired) electrons. The van der Waals surface area contributed by atoms with Crippen molar-refractivity contribution in [2.45, 2.75) is 0 Å². The van der Waals surface area contributed by atoms with Gasteiger partial charge in [-0.25, -0.2) is 9.97 Å². The molecule has 0 saturated heterocycles. The van der Waals surface area contributed by atoms with Gasteiger partial charge in [0.1, 0.15) is 6.26 Å². The van der Waals surface area contributed by atoms with Crippen molar-refractivity contribution < 1.29 is 9.21 Å². The van der Waals surface area contributed by atoms with Gasteiger partial charge in [-0.15, -0.1) is 0 Å². The second kappa shape index (κ2) is 5.88. The van der Waals surface area contributed by atoms with Crippen molar-refractivity contribution >= 4 is 27.5 Å². The third kappa shape index (κ3) is 3.17. The van der Waals surface area contributed by atoms with E-state index in [-0.39, 0.29) is 5.91 Å². The predicted molar refractivity (Wildman–Crippen MR) is 81.8 cm³/mol. The Bertz CT molecular complexity index is 754. The molecule has 3 aromatic rings. The van der Waals surface area contributed by atoms with Gasteiger partial charge in [0, 0.05) is 11.6 Å². The van der Waals surface area contributed by atoms with Crippen LogP contribution in [0.4, 0.5) is 5.69 Å². The Hall–Kier alpha value is -2.47. The molecule has 1 N–H and O–H groups in total. The number of benzene rings is 1. The Morgan fingerprint density at radius 3 is 2.48 bits per heavy atom. The van der Waals surface area contributed by atoms with E-state index in [0.717, 1.165) is 5.56 Å². The average molecular weight is 344 g/mol. The predicted octanol–water partition coefficient (Wildman–Crippen LogP) is 3.75. The molecule has 3 rings (SSSR count). The number of nitrogens with one attached hydrogen (secondary N) is 1. The van der Waals surface area contributed by atoms with E-state index in [0.29, 0.717) is 21.7 Å². The minimum atomic E-state index is -0.277. The van der Waals surface area contributed by atoms with Gasteiger partial charge >= 0.3 is 0 Å². The summed E-state index contributed by atoms with van der Waals surface area (Å²) in [6, 6.07) is 11.2. The van der Waals surface area contributed by atoms with Crippen molar-refractivity contribution in [1.29, 1.82) is 0 Å². The molecule has 5 nitrogen and oxygen atoms in total. The fourth-order valence-electron chi connectivity index (χ4n) is 1.76. The minimum absolute atomic E-state index is 0.277. The molecule has 0 bridgehead atoms. The van der Waals surface area contributed by atoms with Crippen LogP contribution in [0.15, 0.2) is 64.1 Å². The van der Waals surface area contributed by atoms with Gasteiger partial charge in [-0.2, -0.15) is 0 Å². The lowest BCUT2D eigenvalue weighted by Gasteiger charge is -2.04. The van der Waals surface area contributed by atoms with Crippen molar-refractivity contribution in [3.8, 4) is 11.4 Å². The largest absolute Gasteiger partial charge is 0.457 e. The van der Waals surface area contributed by atoms with Gasteiger partial charge in [0.25, 0.3) is 5.91 Å². The van der Waals surface area contributed by atoms with Crippen LogP contribution in [-0.4, -0.2) is 15.9 Å². The summed E-state index contributed by atoms with van der Waals surface area (Å²) in [5, 5.41) is 2.71. The number of nitrogens with zero attached hydrogens (tertiary/aromatic N) is 2. The summed E-state index contributed by atoms with van der Waals surface area (Å²) >= 11 is 3.15. The number of halogens is 1. The van der Waals surface area contributed by atoms with Crippen LogP contribution < -0.4 is 5.32 Å². The molecular formula is C15H10BrN3O2. The first-order valence-electron chi connectivity index (χ1n) is 6.15. The summed E-state index contributed by atoms with van der Waals surface area (Å²) in [7, 11) is 0. The highest BCUT2D eigenvalue weighted by Crippen LogP contribution is 2.17. The van der Waals surface area contributed by atoms with Crippen molar-refractivity contribution in [1.82, 2.24) is 9.97 Å². The summed E-state index contributed by atoms with van der Waals surface area (Å²) in [4.78, 5) is 20.4. The van der Waals surface area contributed by atoms with Gasteiger partial charge in [0.05, 0.1) is 23.6 Å². The number of hydrogen-bond donors (Lipinski definition) is 1. The Kier molecular flexibility index (Phi) is 3.79. The first-order valence-corrected chi connectivity index (χ1v) is 6.94. The molecule has 0 aliphatic carbocycles. The molecule has 2 aromatic heterocycles. The molecule has 0 atom stereocenters. The third-order valence-corrected chi connectivity index (χ3v) is 3.19. The highest BCUT2D eigenvalue weighted by Gasteiger charge is 2.10. The number of amides is 1. The van der Waals surface area contributed by atoms with Crippen LogP contribution in [0.3, 0.4) is 0 Å². The van der Waals surface area contributed by atoms with Crippen LogP contribution in [-0.2, 0) is 0 Å². The highest BCUT2D eigenvalue weighted by molar-refractivity contribution is 9.10. The number of furan rings is 1. The lowest BCUT2D eigenvalue weighted by molar-refractivity contribution is 0.102. The van der Waals surface area contributed by atoms with Gasteiger partial charge in [-0.3, -0.25) is 4.79 Å². The van der Waals surface area contributed by atoms with Crippen LogP contribution in [0.25, 0.3) is 11.4 Å². The summed E-state index contributed by atoms with van der Waals surface area (Å²) < 4.78 is 5.53. The first-order chi connectivity index (χ1) is 10.2. The molecule has 1 aromatic carbocycles. The SMILES string of the molecule is O=C(Nc1cnc(-c2ccccc2)nc1)c1coc(Br)c1. The molecule has 6 heteroatoms. The molecule has 0 unspecified atom stereocenters. The van der Waals surface area contributed by atoms with E-state index in [1.54, 1.807) is 18.5 Å². The first kappa shape index (κ1) is 13.5. The van der Waals surface area contributed by atoms with Crippen molar-refractivity contribution in [3.05, 3.63) is 65.3 Å². The van der Waals surface area contributed by atoms with Crippen molar-refractivity contribution in [2.24, 2.45) is 0 Å². The standard InChI is InChI=1S/C15H10BrN3O2/c16-13-6-11(9-21-13)15(20)19-12-7-17-14(18-8-12)10-4-2-1-3-5-10/h1-9H,(H,19,20). The Morgan fingerprint density at radius 1 is 1.14 bits per heavy atom. The minimum Gasteiger partial charge on any atom is -0.457 e. The van der Waals surface area contributed by atoms with E-state index >= 15 is 0 Å². The van der Waals surface area contributed by atoms with Crippen LogP contribution in [0.2, 0.25) is 0 Å². The maximum atomic E-state index is 11.9. The Balaban J connectivity index is 1.74. The molecular weight excluding hydrogens is 334 g/mol. The van der Waals surface area contributed by atoms with Crippen LogP contribution >= 0.6 is 15.9 Å². The summed E-state index contributed by atoms with van der Waals surface area (Å²) in [6.07, 6.45) is 4.52. The van der Waals surface area contributed by atoms with Crippen LogP contribution in [0.5, 0.6) is 0 Å². The molecule has 0 aliphatic rings. The number of hydrogen-bond acceptors (Lipinski definition) is 4. The second-order valence-corrected chi connectivity index (χ2v) is 5.04. The Morgan fingerprint density at radius 2 is 1.86 bits per heavy atom. The van der Waals surface area contributed by atoms with Gasteiger partial charge in [-0.1, -0.05) is 30.3 Å². The topological polar surface area (TPSA) is 68.0 Å². The van der Waals surface area contributed by atoms with Gasteiger partial charge in [0.2, 0.25) is 0 Å². The monoisotopic (exact) mass is 343 g/mol. The van der Waals surface area contributed by atoms with Crippen molar-refractivity contribution in [3.63, 3.8) is 0 Å². The number of carbonyl (C=O) groups is 1. The highest BCUT2D eigenvalue weighted by atomic mass is 79.9. The molecule has 104 valence electrons. The maximum absolute atomic E-state index is 11.9. The Labute approximate surface area is 129 Å². The summed E-state index contributed by atoms with van der Waals surface area (Å²) in [5.41, 5.74) is 1.88. The van der Waals surface area contributed by atoms with Gasteiger partial charge in [-0.05, 0) is 15.9 Å². The average Bonchev–Trinajstić information content (AvgIpc) is 2.96. The zero-order chi connectivity index (χ0) is 14.7. The van der Waals surface area contributed by atoms with Crippen LogP contribution in [0, 0.1) is 0 Å². The third-order valence-electron chi connectivity index (χ3n) is 2.77. The molecule has 0 fully saturated rings. The fraction of sp³-hybridized carbons (Fsp3) is 0. The normalized spacial score (nSPS) is 10.3. The zero-order valence-electron chi connectivity index (χ0n) is 10.8. The molecule has 0 saturated carbocycles. The van der Waals surface area contributed by atoms with Gasteiger partial charge in [0.15, 0.2) is 10.5 Å². The number of carbonyl (C=O) groups excluding carboxylic acids is 1. The summed E-state index contributed by atoms with van der Waals surface area (Å²) in [6.45, 7) is 0. The number of aromatic nitrogens is 2. The van der Waals surface area contributed by atoms with E-state index in [9.17, 15) is 4.79 Å². The van der Waals surface area contributed by atoms with E-state index in [1.807, 2.05) is 30.3 Å². The lowest BCUT2D eigenvalue weighted by Crippen LogP contribution is -2.11. The van der Waals surface area contributed by atoms with Gasteiger partial charge < -0.3 is 9.73 Å². The van der Waals surface area contributed by atoms with E-state index in [1.165, 1.54) is 6.26 Å². The smallest absolute Gasteiger partial charge is 0.259 e. The fourth-order valence-corrected chi connectivity index (χ4v) is 2.10. The molecule has 21 heavy (non-hydrogen) atoms. The van der Waals surface area contributed by atoms with E-state index < -0.39 is 0 Å². The number of anilines is 1. The molecule has 0 spiro atoms. The van der Waals surface area contributed by atoms with Crippen LogP contribution in [0.1, 0.15) is 10.4 Å². The van der Waals surface area contributed by atoms with E-state index in [2.05, 4.69) is 31.2 Å². The van der Waals surface area contributed by atoms with Crippen molar-refractivity contribution in [2.75, 3.05) is 5.32 Å². The molecule has 1 amide bonds. The van der Waals surface area contributed by atoms with E-state index in [4.69, 9.17) is 4.42 Å². The lowest BCUT2D eigenvalue weighted by atomic mass is 10.2. The quantitative estimate of drug-likeness (QED) is 0.786. The number of rotatable bonds is 3. The second-order valence-electron chi connectivity index (χ2n) is 4.25.